The van der Waals surface area contributed by atoms with Gasteiger partial charge >= 0.3 is 0 Å². The lowest BCUT2D eigenvalue weighted by atomic mass is 9.64. The van der Waals surface area contributed by atoms with E-state index in [2.05, 4.69) is 99.6 Å². The van der Waals surface area contributed by atoms with E-state index in [1.165, 1.54) is 27.8 Å². The molecule has 0 aromatic heterocycles. The van der Waals surface area contributed by atoms with Gasteiger partial charge in [0.25, 0.3) is 0 Å². The summed E-state index contributed by atoms with van der Waals surface area (Å²) in [6.07, 6.45) is 7.93. The highest BCUT2D eigenvalue weighted by Gasteiger charge is 2.41. The Morgan fingerprint density at radius 3 is 1.77 bits per heavy atom. The van der Waals surface area contributed by atoms with Gasteiger partial charge in [-0.3, -0.25) is 4.79 Å². The summed E-state index contributed by atoms with van der Waals surface area (Å²) in [6, 6.07) is 4.73. The van der Waals surface area contributed by atoms with Crippen molar-refractivity contribution < 1.29 is 4.79 Å². The van der Waals surface area contributed by atoms with Crippen molar-refractivity contribution in [1.82, 2.24) is 0 Å². The molecule has 166 valence electrons. The zero-order chi connectivity index (χ0) is 22.8. The van der Waals surface area contributed by atoms with Gasteiger partial charge in [-0.15, -0.1) is 0 Å². The van der Waals surface area contributed by atoms with Crippen molar-refractivity contribution in [1.29, 1.82) is 0 Å². The minimum absolute atomic E-state index is 0.281. The maximum atomic E-state index is 14.0. The molecular formula is C29H44O. The molecule has 1 atom stereocenters. The number of benzene rings is 1. The Morgan fingerprint density at radius 2 is 1.37 bits per heavy atom. The number of hydrogen-bond donors (Lipinski definition) is 0. The minimum Gasteiger partial charge on any atom is -0.298 e. The van der Waals surface area contributed by atoms with E-state index in [1.807, 2.05) is 0 Å². The summed E-state index contributed by atoms with van der Waals surface area (Å²) in [4.78, 5) is 14.0. The number of ketones is 1. The number of carbonyl (C=O) groups excluding carboxylic acids is 1. The van der Waals surface area contributed by atoms with Crippen molar-refractivity contribution in [3.8, 4) is 0 Å². The fourth-order valence-corrected chi connectivity index (χ4v) is 4.74. The van der Waals surface area contributed by atoms with Gasteiger partial charge in [0.1, 0.15) is 5.78 Å². The largest absolute Gasteiger partial charge is 0.298 e. The van der Waals surface area contributed by atoms with Crippen LogP contribution in [0.3, 0.4) is 0 Å². The maximum absolute atomic E-state index is 14.0. The molecule has 0 heterocycles. The Bertz CT molecular complexity index is 788. The van der Waals surface area contributed by atoms with Crippen LogP contribution in [0, 0.1) is 17.3 Å². The summed E-state index contributed by atoms with van der Waals surface area (Å²) < 4.78 is 0. The van der Waals surface area contributed by atoms with Gasteiger partial charge in [0.2, 0.25) is 0 Å². The molecule has 30 heavy (non-hydrogen) atoms. The summed E-state index contributed by atoms with van der Waals surface area (Å²) >= 11 is 0. The van der Waals surface area contributed by atoms with Gasteiger partial charge in [0, 0.05) is 6.42 Å². The molecule has 1 nitrogen and oxygen atoms in total. The summed E-state index contributed by atoms with van der Waals surface area (Å²) in [7, 11) is 0. The van der Waals surface area contributed by atoms with Crippen LogP contribution in [0.25, 0.3) is 0 Å². The van der Waals surface area contributed by atoms with Crippen molar-refractivity contribution in [3.05, 3.63) is 58.2 Å². The highest BCUT2D eigenvalue weighted by atomic mass is 16.1. The molecule has 1 aromatic carbocycles. The van der Waals surface area contributed by atoms with E-state index >= 15 is 0 Å². The van der Waals surface area contributed by atoms with Gasteiger partial charge in [-0.2, -0.15) is 0 Å². The predicted octanol–water partition coefficient (Wildman–Crippen LogP) is 8.35. The van der Waals surface area contributed by atoms with Gasteiger partial charge in [0.15, 0.2) is 0 Å². The molecule has 1 aliphatic rings. The maximum Gasteiger partial charge on any atom is 0.147 e. The third-order valence-corrected chi connectivity index (χ3v) is 7.08. The van der Waals surface area contributed by atoms with E-state index in [-0.39, 0.29) is 5.92 Å². The third kappa shape index (κ3) is 4.98. The first kappa shape index (κ1) is 24.6. The van der Waals surface area contributed by atoms with Crippen LogP contribution in [0.1, 0.15) is 116 Å². The lowest BCUT2D eigenvalue weighted by Gasteiger charge is -2.38. The topological polar surface area (TPSA) is 17.1 Å². The van der Waals surface area contributed by atoms with Crippen LogP contribution in [0.4, 0.5) is 0 Å². The van der Waals surface area contributed by atoms with Gasteiger partial charge in [-0.25, -0.2) is 0 Å². The number of carbonyl (C=O) groups is 1. The molecule has 0 radical (unpaired) electrons. The SMILES string of the molecule is CC(C)C1=CC=CC(C(=O)Cc2c(C(C)C)cc(C(C)C)cc2C(C)C)(C(C)C)C1. The number of hydrogen-bond acceptors (Lipinski definition) is 1. The molecule has 0 aliphatic heterocycles. The first-order chi connectivity index (χ1) is 13.9. The zero-order valence-electron chi connectivity index (χ0n) is 21.1. The average Bonchev–Trinajstić information content (AvgIpc) is 2.66. The highest BCUT2D eigenvalue weighted by molar-refractivity contribution is 5.90. The Hall–Kier alpha value is -1.63. The lowest BCUT2D eigenvalue weighted by Crippen LogP contribution is -2.38. The Balaban J connectivity index is 2.56. The Kier molecular flexibility index (Phi) is 7.94. The quantitative estimate of drug-likeness (QED) is 0.422. The molecule has 0 N–H and O–H groups in total. The highest BCUT2D eigenvalue weighted by Crippen LogP contribution is 2.43. The van der Waals surface area contributed by atoms with Crippen molar-refractivity contribution in [2.24, 2.45) is 17.3 Å². The van der Waals surface area contributed by atoms with E-state index in [0.717, 1.165) is 6.42 Å². The summed E-state index contributed by atoms with van der Waals surface area (Å²) in [6.45, 7) is 22.4. The lowest BCUT2D eigenvalue weighted by molar-refractivity contribution is -0.127. The number of Topliss-reactive ketones (excluding diaryl/α,β-unsaturated/α-hetero) is 1. The minimum atomic E-state index is -0.395. The van der Waals surface area contributed by atoms with Crippen LogP contribution in [0.5, 0.6) is 0 Å². The number of rotatable bonds is 8. The van der Waals surface area contributed by atoms with E-state index in [4.69, 9.17) is 0 Å². The molecule has 0 fully saturated rings. The van der Waals surface area contributed by atoms with Gasteiger partial charge in [-0.05, 0) is 58.3 Å². The fourth-order valence-electron chi connectivity index (χ4n) is 4.74. The van der Waals surface area contributed by atoms with Gasteiger partial charge < -0.3 is 0 Å². The summed E-state index contributed by atoms with van der Waals surface area (Å²) in [5.41, 5.74) is 6.38. The molecule has 1 heteroatoms. The molecule has 0 saturated carbocycles. The monoisotopic (exact) mass is 408 g/mol. The second-order valence-corrected chi connectivity index (χ2v) is 10.9. The molecular weight excluding hydrogens is 364 g/mol. The molecule has 2 rings (SSSR count). The molecule has 1 aliphatic carbocycles. The van der Waals surface area contributed by atoms with Crippen LogP contribution in [0.2, 0.25) is 0 Å². The third-order valence-electron chi connectivity index (χ3n) is 7.08. The second kappa shape index (κ2) is 9.67. The van der Waals surface area contributed by atoms with Crippen LogP contribution >= 0.6 is 0 Å². The van der Waals surface area contributed by atoms with Crippen LogP contribution in [-0.2, 0) is 11.2 Å². The van der Waals surface area contributed by atoms with Crippen LogP contribution < -0.4 is 0 Å². The van der Waals surface area contributed by atoms with E-state index in [0.29, 0.717) is 35.9 Å². The van der Waals surface area contributed by atoms with E-state index in [1.54, 1.807) is 0 Å². The van der Waals surface area contributed by atoms with Crippen LogP contribution in [-0.4, -0.2) is 5.78 Å². The van der Waals surface area contributed by atoms with Gasteiger partial charge in [0.05, 0.1) is 5.41 Å². The van der Waals surface area contributed by atoms with E-state index in [9.17, 15) is 4.79 Å². The predicted molar refractivity (Wildman–Crippen MR) is 131 cm³/mol. The van der Waals surface area contributed by atoms with Crippen molar-refractivity contribution in [2.75, 3.05) is 0 Å². The standard InChI is InChI=1S/C29H44O/c1-18(2)23-12-11-13-29(17-23,22(9)10)28(30)16-27-25(20(5)6)14-24(19(3)4)15-26(27)21(7)8/h11-15,18-22H,16-17H2,1-10H3. The summed E-state index contributed by atoms with van der Waals surface area (Å²) in [5, 5.41) is 0. The molecule has 1 unspecified atom stereocenters. The normalized spacial score (nSPS) is 19.5. The zero-order valence-corrected chi connectivity index (χ0v) is 21.1. The molecule has 0 bridgehead atoms. The molecule has 1 aromatic rings. The molecule has 0 spiro atoms. The van der Waals surface area contributed by atoms with Gasteiger partial charge in [-0.1, -0.05) is 105 Å². The average molecular weight is 409 g/mol. The van der Waals surface area contributed by atoms with E-state index < -0.39 is 5.41 Å². The fraction of sp³-hybridized carbons (Fsp3) is 0.621. The smallest absolute Gasteiger partial charge is 0.147 e. The first-order valence-corrected chi connectivity index (χ1v) is 12.0. The van der Waals surface area contributed by atoms with Crippen molar-refractivity contribution in [2.45, 2.75) is 99.8 Å². The van der Waals surface area contributed by atoms with Crippen molar-refractivity contribution >= 4 is 5.78 Å². The first-order valence-electron chi connectivity index (χ1n) is 12.0. The number of allylic oxidation sites excluding steroid dienone is 4. The summed E-state index contributed by atoms with van der Waals surface area (Å²) in [5.74, 6) is 2.44. The second-order valence-electron chi connectivity index (χ2n) is 10.9. The van der Waals surface area contributed by atoms with Crippen molar-refractivity contribution in [3.63, 3.8) is 0 Å². The molecule has 0 amide bonds. The Labute approximate surface area is 186 Å². The Morgan fingerprint density at radius 1 is 0.833 bits per heavy atom. The van der Waals surface area contributed by atoms with Crippen LogP contribution in [0.15, 0.2) is 35.9 Å². The molecule has 0 saturated heterocycles.